The van der Waals surface area contributed by atoms with Crippen LogP contribution in [0.25, 0.3) is 10.6 Å². The van der Waals surface area contributed by atoms with Gasteiger partial charge < -0.3 is 10.5 Å². The van der Waals surface area contributed by atoms with Gasteiger partial charge in [-0.05, 0) is 19.1 Å². The van der Waals surface area contributed by atoms with E-state index >= 15 is 0 Å². The largest absolute Gasteiger partial charge is 0.384 e. The highest BCUT2D eigenvalue weighted by Crippen LogP contribution is 2.30. The van der Waals surface area contributed by atoms with Crippen molar-refractivity contribution < 1.29 is 4.74 Å². The lowest BCUT2D eigenvalue weighted by Gasteiger charge is -2.04. The number of hydrogen-bond donors (Lipinski definition) is 1. The van der Waals surface area contributed by atoms with Crippen LogP contribution in [0.3, 0.4) is 0 Å². The molecule has 2 aromatic heterocycles. The van der Waals surface area contributed by atoms with Gasteiger partial charge in [0.2, 0.25) is 0 Å². The van der Waals surface area contributed by atoms with E-state index in [1.165, 1.54) is 11.3 Å². The molecule has 0 saturated carbocycles. The van der Waals surface area contributed by atoms with Gasteiger partial charge in [-0.3, -0.25) is 0 Å². The van der Waals surface area contributed by atoms with Gasteiger partial charge in [-0.25, -0.2) is 9.97 Å². The summed E-state index contributed by atoms with van der Waals surface area (Å²) >= 11 is 7.35. The minimum absolute atomic E-state index is 0.369. The third kappa shape index (κ3) is 3.15. The number of ether oxygens (including phenoxy) is 1. The molecular formula is C11H12ClN3OS. The molecule has 2 aromatic rings. The third-order valence-corrected chi connectivity index (χ3v) is 3.31. The minimum atomic E-state index is 0.369. The highest BCUT2D eigenvalue weighted by Gasteiger charge is 2.07. The molecule has 0 bridgehead atoms. The minimum Gasteiger partial charge on any atom is -0.384 e. The highest BCUT2D eigenvalue weighted by atomic mass is 35.5. The Hall–Kier alpha value is -1.17. The van der Waals surface area contributed by atoms with E-state index in [4.69, 9.17) is 22.1 Å². The molecule has 0 aromatic carbocycles. The lowest BCUT2D eigenvalue weighted by atomic mass is 10.3. The maximum absolute atomic E-state index is 5.89. The standard InChI is InChI=1S/C11H12ClN3OS/c1-2-16-6-11-14-7(5-10(13)15-11)8-3-4-9(12)17-8/h3-5H,2,6H2,1H3,(H2,13,14,15). The molecule has 0 fully saturated rings. The van der Waals surface area contributed by atoms with Crippen LogP contribution in [0.1, 0.15) is 12.7 Å². The van der Waals surface area contributed by atoms with Gasteiger partial charge in [-0.15, -0.1) is 11.3 Å². The molecule has 0 aliphatic heterocycles. The van der Waals surface area contributed by atoms with Crippen molar-refractivity contribution >= 4 is 28.8 Å². The van der Waals surface area contributed by atoms with Crippen LogP contribution in [0.15, 0.2) is 18.2 Å². The Morgan fingerprint density at radius 1 is 1.41 bits per heavy atom. The normalized spacial score (nSPS) is 10.7. The number of hydrogen-bond acceptors (Lipinski definition) is 5. The van der Waals surface area contributed by atoms with Gasteiger partial charge >= 0.3 is 0 Å². The molecule has 0 unspecified atom stereocenters. The Balaban J connectivity index is 2.31. The summed E-state index contributed by atoms with van der Waals surface area (Å²) in [6, 6.07) is 5.49. The van der Waals surface area contributed by atoms with Gasteiger partial charge in [-0.2, -0.15) is 0 Å². The van der Waals surface area contributed by atoms with E-state index in [2.05, 4.69) is 9.97 Å². The Bertz CT molecular complexity index is 515. The van der Waals surface area contributed by atoms with E-state index in [0.717, 1.165) is 14.9 Å². The van der Waals surface area contributed by atoms with Crippen molar-refractivity contribution in [1.82, 2.24) is 9.97 Å². The fraction of sp³-hybridized carbons (Fsp3) is 0.273. The van der Waals surface area contributed by atoms with Crippen molar-refractivity contribution in [2.45, 2.75) is 13.5 Å². The van der Waals surface area contributed by atoms with Crippen molar-refractivity contribution in [1.29, 1.82) is 0 Å². The molecule has 17 heavy (non-hydrogen) atoms. The number of rotatable bonds is 4. The van der Waals surface area contributed by atoms with Crippen molar-refractivity contribution in [3.63, 3.8) is 0 Å². The molecule has 2 N–H and O–H groups in total. The number of aromatic nitrogens is 2. The first kappa shape index (κ1) is 12.3. The van der Waals surface area contributed by atoms with Gasteiger partial charge in [0, 0.05) is 12.7 Å². The summed E-state index contributed by atoms with van der Waals surface area (Å²) in [7, 11) is 0. The van der Waals surface area contributed by atoms with E-state index in [0.29, 0.717) is 24.9 Å². The summed E-state index contributed by atoms with van der Waals surface area (Å²) in [6.45, 7) is 2.91. The van der Waals surface area contributed by atoms with E-state index in [1.807, 2.05) is 19.1 Å². The van der Waals surface area contributed by atoms with Crippen LogP contribution in [0.5, 0.6) is 0 Å². The van der Waals surface area contributed by atoms with Crippen molar-refractivity contribution in [2.24, 2.45) is 0 Å². The molecule has 0 amide bonds. The molecule has 0 spiro atoms. The molecular weight excluding hydrogens is 258 g/mol. The van der Waals surface area contributed by atoms with E-state index in [9.17, 15) is 0 Å². The molecule has 2 rings (SSSR count). The predicted octanol–water partition coefficient (Wildman–Crippen LogP) is 2.98. The second kappa shape index (κ2) is 5.44. The van der Waals surface area contributed by atoms with Crippen molar-refractivity contribution in [3.8, 4) is 10.6 Å². The van der Waals surface area contributed by atoms with E-state index in [-0.39, 0.29) is 0 Å². The first-order chi connectivity index (χ1) is 8.19. The summed E-state index contributed by atoms with van der Waals surface area (Å²) < 4.78 is 5.99. The maximum Gasteiger partial charge on any atom is 0.157 e. The Labute approximate surface area is 108 Å². The monoisotopic (exact) mass is 269 g/mol. The first-order valence-electron chi connectivity index (χ1n) is 5.16. The lowest BCUT2D eigenvalue weighted by Crippen LogP contribution is -2.03. The smallest absolute Gasteiger partial charge is 0.157 e. The van der Waals surface area contributed by atoms with Crippen LogP contribution >= 0.6 is 22.9 Å². The quantitative estimate of drug-likeness (QED) is 0.927. The maximum atomic E-state index is 5.89. The van der Waals surface area contributed by atoms with Crippen molar-refractivity contribution in [2.75, 3.05) is 12.3 Å². The summed E-state index contributed by atoms with van der Waals surface area (Å²) in [6.07, 6.45) is 0. The van der Waals surface area contributed by atoms with Crippen LogP contribution in [0.4, 0.5) is 5.82 Å². The lowest BCUT2D eigenvalue weighted by molar-refractivity contribution is 0.128. The van der Waals surface area contributed by atoms with Crippen LogP contribution < -0.4 is 5.73 Å². The number of nitrogens with zero attached hydrogens (tertiary/aromatic N) is 2. The van der Waals surface area contributed by atoms with Gasteiger partial charge in [0.25, 0.3) is 0 Å². The van der Waals surface area contributed by atoms with Crippen LogP contribution in [0.2, 0.25) is 4.34 Å². The average molecular weight is 270 g/mol. The molecule has 4 nitrogen and oxygen atoms in total. The molecule has 0 saturated heterocycles. The van der Waals surface area contributed by atoms with E-state index < -0.39 is 0 Å². The van der Waals surface area contributed by atoms with Gasteiger partial charge in [0.05, 0.1) is 14.9 Å². The van der Waals surface area contributed by atoms with Gasteiger partial charge in [-0.1, -0.05) is 11.6 Å². The van der Waals surface area contributed by atoms with Gasteiger partial charge in [0.15, 0.2) is 5.82 Å². The molecule has 90 valence electrons. The fourth-order valence-electron chi connectivity index (χ4n) is 1.35. The third-order valence-electron chi connectivity index (χ3n) is 2.05. The van der Waals surface area contributed by atoms with Gasteiger partial charge in [0.1, 0.15) is 12.4 Å². The average Bonchev–Trinajstić information content (AvgIpc) is 2.72. The predicted molar refractivity (Wildman–Crippen MR) is 70.1 cm³/mol. The second-order valence-electron chi connectivity index (χ2n) is 3.34. The Morgan fingerprint density at radius 3 is 2.88 bits per heavy atom. The highest BCUT2D eigenvalue weighted by molar-refractivity contribution is 7.19. The zero-order chi connectivity index (χ0) is 12.3. The molecule has 6 heteroatoms. The van der Waals surface area contributed by atoms with Crippen molar-refractivity contribution in [3.05, 3.63) is 28.4 Å². The van der Waals surface area contributed by atoms with Crippen LogP contribution in [-0.4, -0.2) is 16.6 Å². The summed E-state index contributed by atoms with van der Waals surface area (Å²) in [5.41, 5.74) is 6.52. The molecule has 0 aliphatic carbocycles. The molecule has 0 radical (unpaired) electrons. The molecule has 0 atom stereocenters. The number of halogens is 1. The molecule has 0 aliphatic rings. The zero-order valence-electron chi connectivity index (χ0n) is 9.31. The number of anilines is 1. The second-order valence-corrected chi connectivity index (χ2v) is 5.05. The topological polar surface area (TPSA) is 61.0 Å². The fourth-order valence-corrected chi connectivity index (χ4v) is 2.36. The Kier molecular flexibility index (Phi) is 3.93. The Morgan fingerprint density at radius 2 is 2.24 bits per heavy atom. The number of thiophene rings is 1. The number of nitrogens with two attached hydrogens (primary N) is 1. The molecule has 2 heterocycles. The summed E-state index contributed by atoms with van der Waals surface area (Å²) in [5.74, 6) is 1.03. The number of nitrogen functional groups attached to an aromatic ring is 1. The van der Waals surface area contributed by atoms with Crippen LogP contribution in [-0.2, 0) is 11.3 Å². The van der Waals surface area contributed by atoms with E-state index in [1.54, 1.807) is 6.07 Å². The zero-order valence-corrected chi connectivity index (χ0v) is 10.9. The summed E-state index contributed by atoms with van der Waals surface area (Å²) in [4.78, 5) is 9.48. The summed E-state index contributed by atoms with van der Waals surface area (Å²) in [5, 5.41) is 0. The first-order valence-corrected chi connectivity index (χ1v) is 6.35. The SMILES string of the molecule is CCOCc1nc(N)cc(-c2ccc(Cl)s2)n1. The van der Waals surface area contributed by atoms with Crippen LogP contribution in [0, 0.1) is 0 Å².